The molecule has 0 N–H and O–H groups in total. The van der Waals surface area contributed by atoms with Crippen molar-refractivity contribution in [3.8, 4) is 62.1 Å². The van der Waals surface area contributed by atoms with Gasteiger partial charge in [0.05, 0.1) is 34.5 Å². The van der Waals surface area contributed by atoms with Gasteiger partial charge in [0.15, 0.2) is 17.5 Å². The zero-order chi connectivity index (χ0) is 43.9. The first kappa shape index (κ1) is 18.0. The van der Waals surface area contributed by atoms with Crippen LogP contribution in [0.5, 0.6) is 0 Å². The Morgan fingerprint density at radius 1 is 0.388 bits per heavy atom. The Bertz CT molecular complexity index is 3230. The monoisotopic (exact) mass is 639 g/mol. The van der Waals surface area contributed by atoms with Gasteiger partial charge in [0, 0.05) is 27.5 Å². The Hall–Kier alpha value is -6.65. The molecule has 9 aromatic rings. The topological polar surface area (TPSA) is 43.6 Å². The van der Waals surface area contributed by atoms with E-state index in [4.69, 9.17) is 25.0 Å². The summed E-state index contributed by atoms with van der Waals surface area (Å²) in [5.41, 5.74) is 3.59. The Morgan fingerprint density at radius 3 is 1.57 bits per heavy atom. The average Bonchev–Trinajstić information content (AvgIpc) is 3.67. The molecule has 0 spiro atoms. The van der Waals surface area contributed by atoms with E-state index < -0.39 is 78.6 Å². The minimum atomic E-state index is -0.602. The van der Waals surface area contributed by atoms with Crippen LogP contribution in [0.25, 0.3) is 83.9 Å². The van der Waals surface area contributed by atoms with Crippen molar-refractivity contribution in [2.45, 2.75) is 0 Å². The van der Waals surface area contributed by atoms with E-state index in [-0.39, 0.29) is 56.1 Å². The average molecular weight is 640 g/mol. The number of benzene rings is 7. The first-order valence-electron chi connectivity index (χ1n) is 21.9. The van der Waals surface area contributed by atoms with E-state index in [0.717, 1.165) is 16.7 Å². The van der Waals surface area contributed by atoms with E-state index in [1.54, 1.807) is 48.5 Å². The lowest BCUT2D eigenvalue weighted by molar-refractivity contribution is 1.06. The zero-order valence-electron chi connectivity index (χ0n) is 38.6. The molecular weight excluding hydrogens is 597 g/mol. The third-order valence-electron chi connectivity index (χ3n) is 8.21. The summed E-state index contributed by atoms with van der Waals surface area (Å²) in [4.78, 5) is 14.4. The number of fused-ring (bicyclic) bond motifs is 3. The van der Waals surface area contributed by atoms with Gasteiger partial charge in [-0.05, 0) is 52.5 Å². The molecule has 0 bridgehead atoms. The van der Waals surface area contributed by atoms with Gasteiger partial charge in [-0.3, -0.25) is 0 Å². The van der Waals surface area contributed by atoms with E-state index in [1.807, 2.05) is 54.6 Å². The zero-order valence-corrected chi connectivity index (χ0v) is 25.6. The van der Waals surface area contributed by atoms with Crippen molar-refractivity contribution >= 4 is 21.8 Å². The molecule has 0 atom stereocenters. The van der Waals surface area contributed by atoms with Crippen LogP contribution in [0.1, 0.15) is 17.8 Å². The Labute approximate surface area is 302 Å². The fraction of sp³-hybridized carbons (Fsp3) is 0. The number of hydrogen-bond acceptors (Lipinski definition) is 3. The summed E-state index contributed by atoms with van der Waals surface area (Å²) < 4.78 is 115. The molecule has 4 nitrogen and oxygen atoms in total. The summed E-state index contributed by atoms with van der Waals surface area (Å²) in [6, 6.07) is 24.2. The molecule has 4 heteroatoms. The third kappa shape index (κ3) is 5.26. The molecule has 0 amide bonds. The number of hydrogen-bond donors (Lipinski definition) is 0. The van der Waals surface area contributed by atoms with Crippen LogP contribution in [-0.2, 0) is 0 Å². The molecular formula is C45H30N4. The lowest BCUT2D eigenvalue weighted by Gasteiger charge is -2.16. The summed E-state index contributed by atoms with van der Waals surface area (Å²) in [6.45, 7) is 0. The van der Waals surface area contributed by atoms with E-state index in [0.29, 0.717) is 11.1 Å². The quantitative estimate of drug-likeness (QED) is 0.182. The van der Waals surface area contributed by atoms with Gasteiger partial charge in [-0.25, -0.2) is 15.0 Å². The minimum Gasteiger partial charge on any atom is -0.309 e. The number of nitrogens with zero attached hydrogens (tertiary/aromatic N) is 4. The SMILES string of the molecule is [2H]c1c([2H])c([2H])c(-c2nc(-c3ccccc3)nc(-c3cc(-c4cccc(-c5ccccc5)c4)ccc3-n3c4c([2H])c([2H])c([2H])c([2H])c4c4c([2H])c([2H])c([2H])c([2H])c43)n2)c([2H])c1[2H]. The normalized spacial score (nSPS) is 15.0. The van der Waals surface area contributed by atoms with Crippen LogP contribution in [-0.4, -0.2) is 19.5 Å². The summed E-state index contributed by atoms with van der Waals surface area (Å²) in [6.07, 6.45) is 0. The van der Waals surface area contributed by atoms with Crippen LogP contribution in [0.4, 0.5) is 0 Å². The summed E-state index contributed by atoms with van der Waals surface area (Å²) >= 11 is 0. The largest absolute Gasteiger partial charge is 0.309 e. The first-order chi connectivity index (χ1) is 29.7. The van der Waals surface area contributed by atoms with Crippen molar-refractivity contribution < 1.29 is 17.8 Å². The second-order valence-corrected chi connectivity index (χ2v) is 11.1. The fourth-order valence-electron chi connectivity index (χ4n) is 5.95. The van der Waals surface area contributed by atoms with Gasteiger partial charge in [0.1, 0.15) is 0 Å². The van der Waals surface area contributed by atoms with Crippen LogP contribution in [0, 0.1) is 0 Å². The van der Waals surface area contributed by atoms with Gasteiger partial charge in [-0.2, -0.15) is 0 Å². The Morgan fingerprint density at radius 2 is 0.898 bits per heavy atom. The maximum Gasteiger partial charge on any atom is 0.166 e. The minimum absolute atomic E-state index is 0.0749. The number of para-hydroxylation sites is 2. The molecule has 0 fully saturated rings. The first-order valence-corrected chi connectivity index (χ1v) is 15.4. The van der Waals surface area contributed by atoms with Crippen molar-refractivity contribution in [1.29, 1.82) is 0 Å². The Kier molecular flexibility index (Phi) is 4.48. The van der Waals surface area contributed by atoms with E-state index in [9.17, 15) is 2.74 Å². The molecule has 49 heavy (non-hydrogen) atoms. The maximum absolute atomic E-state index is 9.19. The van der Waals surface area contributed by atoms with Crippen LogP contribution < -0.4 is 0 Å². The van der Waals surface area contributed by atoms with Crippen LogP contribution >= 0.6 is 0 Å². The van der Waals surface area contributed by atoms with Crippen molar-refractivity contribution in [2.75, 3.05) is 0 Å². The van der Waals surface area contributed by atoms with E-state index in [1.165, 1.54) is 4.57 Å². The summed E-state index contributed by atoms with van der Waals surface area (Å²) in [5, 5.41) is -0.243. The highest BCUT2D eigenvalue weighted by atomic mass is 15.1. The third-order valence-corrected chi connectivity index (χ3v) is 8.21. The highest BCUT2D eigenvalue weighted by Gasteiger charge is 2.20. The van der Waals surface area contributed by atoms with Crippen LogP contribution in [0.15, 0.2) is 182 Å². The molecule has 7 aromatic carbocycles. The van der Waals surface area contributed by atoms with Crippen molar-refractivity contribution in [1.82, 2.24) is 19.5 Å². The fourth-order valence-corrected chi connectivity index (χ4v) is 5.95. The van der Waals surface area contributed by atoms with Gasteiger partial charge < -0.3 is 4.57 Å². The molecule has 0 saturated heterocycles. The van der Waals surface area contributed by atoms with Gasteiger partial charge >= 0.3 is 0 Å². The Balaban J connectivity index is 1.45. The van der Waals surface area contributed by atoms with Crippen LogP contribution in [0.3, 0.4) is 0 Å². The summed E-state index contributed by atoms with van der Waals surface area (Å²) in [5.74, 6) is -0.251. The molecule has 0 aliphatic rings. The number of rotatable bonds is 6. The predicted octanol–water partition coefficient (Wildman–Crippen LogP) is 11.3. The molecule has 0 aliphatic carbocycles. The highest BCUT2D eigenvalue weighted by molar-refractivity contribution is 6.09. The molecule has 0 aliphatic heterocycles. The van der Waals surface area contributed by atoms with Crippen molar-refractivity contribution in [3.63, 3.8) is 0 Å². The molecule has 9 rings (SSSR count). The molecule has 0 radical (unpaired) electrons. The molecule has 0 saturated carbocycles. The van der Waals surface area contributed by atoms with Crippen molar-refractivity contribution in [2.24, 2.45) is 0 Å². The van der Waals surface area contributed by atoms with Gasteiger partial charge in [0.2, 0.25) is 0 Å². The molecule has 2 heterocycles. The lowest BCUT2D eigenvalue weighted by atomic mass is 9.97. The number of aromatic nitrogens is 4. The second kappa shape index (κ2) is 12.2. The smallest absolute Gasteiger partial charge is 0.166 e. The van der Waals surface area contributed by atoms with Crippen LogP contribution in [0.2, 0.25) is 0 Å². The van der Waals surface area contributed by atoms with E-state index in [2.05, 4.69) is 4.98 Å². The predicted molar refractivity (Wildman–Crippen MR) is 201 cm³/mol. The highest BCUT2D eigenvalue weighted by Crippen LogP contribution is 2.38. The van der Waals surface area contributed by atoms with Gasteiger partial charge in [-0.1, -0.05) is 151 Å². The standard InChI is InChI=1S/C45H30N4/c1-4-15-31(16-5-1)34-21-14-22-35(29-34)36-27-28-42(49-40-25-12-10-23-37(40)38-24-11-13-26-41(38)49)39(30-36)45-47-43(32-17-6-2-7-18-32)46-44(48-45)33-19-8-3-9-20-33/h1-30H/i2D,6D,7D,10D,11D,12D,13D,17D,18D,23D,24D,25D,26D. The molecule has 230 valence electrons. The second-order valence-electron chi connectivity index (χ2n) is 11.1. The van der Waals surface area contributed by atoms with Gasteiger partial charge in [-0.15, -0.1) is 0 Å². The molecule has 2 aromatic heterocycles. The maximum atomic E-state index is 9.19. The lowest BCUT2D eigenvalue weighted by Crippen LogP contribution is -2.04. The van der Waals surface area contributed by atoms with Gasteiger partial charge in [0.25, 0.3) is 0 Å². The van der Waals surface area contributed by atoms with E-state index >= 15 is 0 Å². The molecule has 0 unspecified atom stereocenters. The summed E-state index contributed by atoms with van der Waals surface area (Å²) in [7, 11) is 0. The van der Waals surface area contributed by atoms with Crippen molar-refractivity contribution in [3.05, 3.63) is 182 Å².